The Labute approximate surface area is 132 Å². The van der Waals surface area contributed by atoms with Gasteiger partial charge in [-0.05, 0) is 36.8 Å². The summed E-state index contributed by atoms with van der Waals surface area (Å²) in [6.45, 7) is 8.88. The second-order valence-corrected chi connectivity index (χ2v) is 6.30. The Morgan fingerprint density at radius 3 is 1.41 bits per heavy atom. The van der Waals surface area contributed by atoms with Gasteiger partial charge in [0.15, 0.2) is 0 Å². The smallest absolute Gasteiger partial charge is 0.0968 e. The van der Waals surface area contributed by atoms with Crippen molar-refractivity contribution in [3.63, 3.8) is 0 Å². The van der Waals surface area contributed by atoms with Gasteiger partial charge in [0.1, 0.15) is 0 Å². The van der Waals surface area contributed by atoms with Gasteiger partial charge in [0, 0.05) is 22.2 Å². The molecule has 2 atom stereocenters. The molecule has 0 saturated heterocycles. The van der Waals surface area contributed by atoms with Crippen LogP contribution in [0.25, 0.3) is 21.8 Å². The van der Waals surface area contributed by atoms with Crippen molar-refractivity contribution >= 4 is 21.8 Å². The van der Waals surface area contributed by atoms with E-state index in [0.717, 1.165) is 23.9 Å². The SMILES string of the molecule is CCC(C)c1ccc2ccc3ccc(C(C)CC)nc3c2n1. The van der Waals surface area contributed by atoms with Crippen LogP contribution in [0, 0.1) is 0 Å². The zero-order valence-corrected chi connectivity index (χ0v) is 13.9. The predicted molar refractivity (Wildman–Crippen MR) is 94.5 cm³/mol. The van der Waals surface area contributed by atoms with Gasteiger partial charge in [0.2, 0.25) is 0 Å². The molecule has 3 rings (SSSR count). The third kappa shape index (κ3) is 2.58. The van der Waals surface area contributed by atoms with Crippen LogP contribution in [0.1, 0.15) is 63.8 Å². The summed E-state index contributed by atoms with van der Waals surface area (Å²) in [5.74, 6) is 0.967. The summed E-state index contributed by atoms with van der Waals surface area (Å²) < 4.78 is 0. The molecule has 2 heteroatoms. The Morgan fingerprint density at radius 2 is 1.05 bits per heavy atom. The van der Waals surface area contributed by atoms with Crippen LogP contribution >= 0.6 is 0 Å². The summed E-state index contributed by atoms with van der Waals surface area (Å²) >= 11 is 0. The van der Waals surface area contributed by atoms with Crippen LogP contribution in [0.2, 0.25) is 0 Å². The summed E-state index contributed by atoms with van der Waals surface area (Å²) in [5.41, 5.74) is 4.41. The normalized spacial score (nSPS) is 14.4. The molecule has 2 unspecified atom stereocenters. The number of hydrogen-bond donors (Lipinski definition) is 0. The van der Waals surface area contributed by atoms with E-state index in [-0.39, 0.29) is 0 Å². The quantitative estimate of drug-likeness (QED) is 0.567. The number of fused-ring (bicyclic) bond motifs is 3. The first-order valence-electron chi connectivity index (χ1n) is 8.34. The molecular formula is C20H24N2. The molecule has 0 aliphatic rings. The maximum absolute atomic E-state index is 4.94. The fraction of sp³-hybridized carbons (Fsp3) is 0.400. The predicted octanol–water partition coefficient (Wildman–Crippen LogP) is 5.81. The number of hydrogen-bond acceptors (Lipinski definition) is 2. The highest BCUT2D eigenvalue weighted by Crippen LogP contribution is 2.27. The molecule has 3 aromatic rings. The summed E-state index contributed by atoms with van der Waals surface area (Å²) in [6.07, 6.45) is 2.21. The molecule has 2 heterocycles. The monoisotopic (exact) mass is 292 g/mol. The summed E-state index contributed by atoms with van der Waals surface area (Å²) in [4.78, 5) is 9.88. The van der Waals surface area contributed by atoms with Crippen LogP contribution in [-0.2, 0) is 0 Å². The second-order valence-electron chi connectivity index (χ2n) is 6.30. The molecule has 1 aromatic carbocycles. The Kier molecular flexibility index (Phi) is 4.10. The number of rotatable bonds is 4. The number of nitrogens with zero attached hydrogens (tertiary/aromatic N) is 2. The first-order valence-corrected chi connectivity index (χ1v) is 8.34. The number of aromatic nitrogens is 2. The summed E-state index contributed by atoms with van der Waals surface area (Å²) in [6, 6.07) is 13.0. The first-order chi connectivity index (χ1) is 10.6. The van der Waals surface area contributed by atoms with E-state index in [4.69, 9.17) is 9.97 Å². The minimum atomic E-state index is 0.484. The molecule has 2 nitrogen and oxygen atoms in total. The largest absolute Gasteiger partial charge is 0.250 e. The van der Waals surface area contributed by atoms with E-state index in [0.29, 0.717) is 11.8 Å². The molecule has 0 aliphatic carbocycles. The van der Waals surface area contributed by atoms with Gasteiger partial charge < -0.3 is 0 Å². The molecule has 0 spiro atoms. The third-order valence-electron chi connectivity index (χ3n) is 4.80. The van der Waals surface area contributed by atoms with Crippen LogP contribution in [0.4, 0.5) is 0 Å². The molecule has 2 aromatic heterocycles. The lowest BCUT2D eigenvalue weighted by atomic mass is 10.0. The molecule has 0 saturated carbocycles. The number of benzene rings is 1. The topological polar surface area (TPSA) is 25.8 Å². The second kappa shape index (κ2) is 6.04. The van der Waals surface area contributed by atoms with Gasteiger partial charge in [-0.15, -0.1) is 0 Å². The lowest BCUT2D eigenvalue weighted by Gasteiger charge is -2.12. The molecule has 22 heavy (non-hydrogen) atoms. The zero-order valence-electron chi connectivity index (χ0n) is 13.9. The van der Waals surface area contributed by atoms with E-state index in [2.05, 4.69) is 64.1 Å². The van der Waals surface area contributed by atoms with Crippen LogP contribution in [0.15, 0.2) is 36.4 Å². The maximum Gasteiger partial charge on any atom is 0.0968 e. The van der Waals surface area contributed by atoms with Crippen molar-refractivity contribution in [3.05, 3.63) is 47.8 Å². The van der Waals surface area contributed by atoms with Crippen molar-refractivity contribution in [3.8, 4) is 0 Å². The molecule has 0 radical (unpaired) electrons. The van der Waals surface area contributed by atoms with Gasteiger partial charge in [-0.25, -0.2) is 0 Å². The minimum absolute atomic E-state index is 0.484. The van der Waals surface area contributed by atoms with Crippen molar-refractivity contribution in [1.82, 2.24) is 9.97 Å². The minimum Gasteiger partial charge on any atom is -0.250 e. The van der Waals surface area contributed by atoms with Gasteiger partial charge in [-0.1, -0.05) is 52.0 Å². The molecule has 0 fully saturated rings. The lowest BCUT2D eigenvalue weighted by molar-refractivity contribution is 0.710. The number of pyridine rings is 2. The van der Waals surface area contributed by atoms with E-state index in [1.54, 1.807) is 0 Å². The van der Waals surface area contributed by atoms with Crippen molar-refractivity contribution in [1.29, 1.82) is 0 Å². The Bertz CT molecular complexity index is 739. The van der Waals surface area contributed by atoms with Crippen molar-refractivity contribution in [2.24, 2.45) is 0 Å². The molecule has 0 aliphatic heterocycles. The van der Waals surface area contributed by atoms with E-state index >= 15 is 0 Å². The standard InChI is InChI=1S/C20H24N2/c1-5-13(3)17-11-9-15-7-8-16-10-12-18(14(4)6-2)22-20(16)19(15)21-17/h7-14H,5-6H2,1-4H3. The fourth-order valence-corrected chi connectivity index (χ4v) is 2.77. The summed E-state index contributed by atoms with van der Waals surface area (Å²) in [7, 11) is 0. The van der Waals surface area contributed by atoms with Gasteiger partial charge in [-0.3, -0.25) is 9.97 Å². The average Bonchev–Trinajstić information content (AvgIpc) is 2.59. The highest BCUT2D eigenvalue weighted by atomic mass is 14.8. The van der Waals surface area contributed by atoms with Crippen LogP contribution < -0.4 is 0 Å². The van der Waals surface area contributed by atoms with Gasteiger partial charge >= 0.3 is 0 Å². The Hall–Kier alpha value is -1.96. The van der Waals surface area contributed by atoms with Crippen molar-refractivity contribution in [2.45, 2.75) is 52.4 Å². The highest BCUT2D eigenvalue weighted by molar-refractivity contribution is 6.02. The average molecular weight is 292 g/mol. The van der Waals surface area contributed by atoms with Crippen LogP contribution in [-0.4, -0.2) is 9.97 Å². The van der Waals surface area contributed by atoms with Gasteiger partial charge in [-0.2, -0.15) is 0 Å². The van der Waals surface area contributed by atoms with E-state index in [1.807, 2.05) is 0 Å². The van der Waals surface area contributed by atoms with E-state index in [9.17, 15) is 0 Å². The van der Waals surface area contributed by atoms with Crippen molar-refractivity contribution < 1.29 is 0 Å². The van der Waals surface area contributed by atoms with Crippen LogP contribution in [0.3, 0.4) is 0 Å². The van der Waals surface area contributed by atoms with E-state index in [1.165, 1.54) is 22.2 Å². The Balaban J connectivity index is 2.26. The van der Waals surface area contributed by atoms with E-state index < -0.39 is 0 Å². The maximum atomic E-state index is 4.94. The Morgan fingerprint density at radius 1 is 0.682 bits per heavy atom. The fourth-order valence-electron chi connectivity index (χ4n) is 2.77. The first kappa shape index (κ1) is 15.0. The zero-order chi connectivity index (χ0) is 15.7. The molecule has 0 amide bonds. The molecular weight excluding hydrogens is 268 g/mol. The molecule has 0 bridgehead atoms. The lowest BCUT2D eigenvalue weighted by Crippen LogP contribution is -1.99. The van der Waals surface area contributed by atoms with Gasteiger partial charge in [0.25, 0.3) is 0 Å². The molecule has 0 N–H and O–H groups in total. The third-order valence-corrected chi connectivity index (χ3v) is 4.80. The highest BCUT2D eigenvalue weighted by Gasteiger charge is 2.11. The van der Waals surface area contributed by atoms with Crippen molar-refractivity contribution in [2.75, 3.05) is 0 Å². The van der Waals surface area contributed by atoms with Gasteiger partial charge in [0.05, 0.1) is 11.0 Å². The summed E-state index contributed by atoms with van der Waals surface area (Å²) in [5, 5.41) is 2.35. The molecule has 114 valence electrons. The van der Waals surface area contributed by atoms with Crippen LogP contribution in [0.5, 0.6) is 0 Å².